The molecule has 1 amide bonds. The molecule has 5 nitrogen and oxygen atoms in total. The molecule has 130 valence electrons. The smallest absolute Gasteiger partial charge is 0.255 e. The van der Waals surface area contributed by atoms with Crippen LogP contribution >= 0.6 is 0 Å². The number of nitrogens with one attached hydrogen (secondary N) is 2. The van der Waals surface area contributed by atoms with Crippen molar-refractivity contribution in [2.45, 2.75) is 19.7 Å². The van der Waals surface area contributed by atoms with Crippen LogP contribution in [0.25, 0.3) is 0 Å². The minimum atomic E-state index is -0.351. The summed E-state index contributed by atoms with van der Waals surface area (Å²) >= 11 is 0. The van der Waals surface area contributed by atoms with Gasteiger partial charge in [-0.2, -0.15) is 0 Å². The number of hydrogen-bond donors (Lipinski definition) is 2. The van der Waals surface area contributed by atoms with Crippen molar-refractivity contribution in [3.63, 3.8) is 0 Å². The molecule has 1 aromatic heterocycles. The van der Waals surface area contributed by atoms with Crippen molar-refractivity contribution in [1.82, 2.24) is 10.3 Å². The van der Waals surface area contributed by atoms with Gasteiger partial charge in [0.1, 0.15) is 18.5 Å². The third-order valence-corrected chi connectivity index (χ3v) is 4.41. The van der Waals surface area contributed by atoms with Crippen molar-refractivity contribution in [2.24, 2.45) is 0 Å². The molecule has 0 saturated heterocycles. The summed E-state index contributed by atoms with van der Waals surface area (Å²) in [5.41, 5.74) is 4.29. The second-order valence-corrected chi connectivity index (χ2v) is 6.20. The maximum absolute atomic E-state index is 12.5. The SMILES string of the molecule is Cc1cccc2c1N[C@H](c1ccccc1OCc1ccccn1)NC2=O. The first-order valence-electron chi connectivity index (χ1n) is 8.51. The monoisotopic (exact) mass is 345 g/mol. The van der Waals surface area contributed by atoms with Crippen molar-refractivity contribution in [1.29, 1.82) is 0 Å². The van der Waals surface area contributed by atoms with E-state index >= 15 is 0 Å². The van der Waals surface area contributed by atoms with E-state index in [0.717, 1.165) is 22.5 Å². The average molecular weight is 345 g/mol. The lowest BCUT2D eigenvalue weighted by Crippen LogP contribution is -2.39. The number of carbonyl (C=O) groups excluding carboxylic acids is 1. The fourth-order valence-electron chi connectivity index (χ4n) is 3.08. The van der Waals surface area contributed by atoms with E-state index in [1.165, 1.54) is 0 Å². The summed E-state index contributed by atoms with van der Waals surface area (Å²) in [4.78, 5) is 16.8. The van der Waals surface area contributed by atoms with Crippen LogP contribution in [-0.2, 0) is 6.61 Å². The number of amides is 1. The summed E-state index contributed by atoms with van der Waals surface area (Å²) in [5.74, 6) is 0.625. The number of nitrogens with zero attached hydrogens (tertiary/aromatic N) is 1. The van der Waals surface area contributed by atoms with Gasteiger partial charge in [0.25, 0.3) is 5.91 Å². The molecular weight excluding hydrogens is 326 g/mol. The number of benzene rings is 2. The zero-order valence-electron chi connectivity index (χ0n) is 14.4. The zero-order valence-corrected chi connectivity index (χ0v) is 14.4. The molecule has 0 spiro atoms. The lowest BCUT2D eigenvalue weighted by atomic mass is 10.0. The van der Waals surface area contributed by atoms with Crippen LogP contribution in [0.4, 0.5) is 5.69 Å². The minimum absolute atomic E-state index is 0.0908. The number of aromatic nitrogens is 1. The van der Waals surface area contributed by atoms with Crippen LogP contribution in [0.5, 0.6) is 5.75 Å². The maximum Gasteiger partial charge on any atom is 0.255 e. The van der Waals surface area contributed by atoms with Gasteiger partial charge in [0.15, 0.2) is 0 Å². The van der Waals surface area contributed by atoms with Crippen LogP contribution in [0.1, 0.15) is 33.3 Å². The lowest BCUT2D eigenvalue weighted by molar-refractivity contribution is 0.0935. The van der Waals surface area contributed by atoms with Crippen molar-refractivity contribution < 1.29 is 9.53 Å². The Labute approximate surface area is 152 Å². The number of carbonyl (C=O) groups is 1. The summed E-state index contributed by atoms with van der Waals surface area (Å²) < 4.78 is 5.98. The molecule has 2 aromatic carbocycles. The highest BCUT2D eigenvalue weighted by Crippen LogP contribution is 2.33. The molecule has 26 heavy (non-hydrogen) atoms. The lowest BCUT2D eigenvalue weighted by Gasteiger charge is -2.30. The largest absolute Gasteiger partial charge is 0.487 e. The van der Waals surface area contributed by atoms with E-state index in [-0.39, 0.29) is 12.1 Å². The van der Waals surface area contributed by atoms with Gasteiger partial charge in [0, 0.05) is 11.8 Å². The molecule has 4 rings (SSSR count). The predicted octanol–water partition coefficient (Wildman–Crippen LogP) is 3.82. The number of anilines is 1. The van der Waals surface area contributed by atoms with Gasteiger partial charge < -0.3 is 15.4 Å². The molecule has 2 heterocycles. The van der Waals surface area contributed by atoms with Gasteiger partial charge in [0.2, 0.25) is 0 Å². The van der Waals surface area contributed by atoms with Gasteiger partial charge in [-0.15, -0.1) is 0 Å². The number of para-hydroxylation sites is 2. The molecule has 0 unspecified atom stereocenters. The molecule has 1 aliphatic heterocycles. The number of hydrogen-bond acceptors (Lipinski definition) is 4. The molecule has 2 N–H and O–H groups in total. The Kier molecular flexibility index (Phi) is 4.27. The molecule has 3 aromatic rings. The maximum atomic E-state index is 12.5. The van der Waals surface area contributed by atoms with Gasteiger partial charge in [-0.1, -0.05) is 36.4 Å². The van der Waals surface area contributed by atoms with E-state index in [2.05, 4.69) is 15.6 Å². The summed E-state index contributed by atoms with van der Waals surface area (Å²) in [6, 6.07) is 19.1. The van der Waals surface area contributed by atoms with Gasteiger partial charge in [-0.25, -0.2) is 0 Å². The van der Waals surface area contributed by atoms with Crippen LogP contribution in [0.15, 0.2) is 66.9 Å². The number of fused-ring (bicyclic) bond motifs is 1. The van der Waals surface area contributed by atoms with Crippen molar-refractivity contribution in [2.75, 3.05) is 5.32 Å². The first-order valence-corrected chi connectivity index (χ1v) is 8.51. The van der Waals surface area contributed by atoms with Gasteiger partial charge in [-0.05, 0) is 36.8 Å². The van der Waals surface area contributed by atoms with E-state index in [0.29, 0.717) is 17.9 Å². The second kappa shape index (κ2) is 6.88. The number of aryl methyl sites for hydroxylation is 1. The minimum Gasteiger partial charge on any atom is -0.487 e. The van der Waals surface area contributed by atoms with Gasteiger partial charge >= 0.3 is 0 Å². The van der Waals surface area contributed by atoms with Crippen molar-refractivity contribution in [3.8, 4) is 5.75 Å². The summed E-state index contributed by atoms with van der Waals surface area (Å²) in [6.45, 7) is 2.36. The van der Waals surface area contributed by atoms with Crippen LogP contribution < -0.4 is 15.4 Å². The molecule has 0 saturated carbocycles. The van der Waals surface area contributed by atoms with E-state index in [9.17, 15) is 4.79 Å². The van der Waals surface area contributed by atoms with E-state index in [4.69, 9.17) is 4.74 Å². The highest BCUT2D eigenvalue weighted by molar-refractivity contribution is 6.02. The predicted molar refractivity (Wildman–Crippen MR) is 100 cm³/mol. The fraction of sp³-hybridized carbons (Fsp3) is 0.143. The molecule has 1 atom stereocenters. The zero-order chi connectivity index (χ0) is 17.9. The number of pyridine rings is 1. The summed E-state index contributed by atoms with van der Waals surface area (Å²) in [7, 11) is 0. The van der Waals surface area contributed by atoms with E-state index in [1.807, 2.05) is 67.6 Å². The van der Waals surface area contributed by atoms with Gasteiger partial charge in [0.05, 0.1) is 16.9 Å². The van der Waals surface area contributed by atoms with E-state index < -0.39 is 0 Å². The molecular formula is C21H19N3O2. The fourth-order valence-corrected chi connectivity index (χ4v) is 3.08. The average Bonchev–Trinajstić information content (AvgIpc) is 2.68. The van der Waals surface area contributed by atoms with Crippen molar-refractivity contribution in [3.05, 3.63) is 89.2 Å². The van der Waals surface area contributed by atoms with Crippen LogP contribution in [0.2, 0.25) is 0 Å². The number of ether oxygens (including phenoxy) is 1. The number of rotatable bonds is 4. The molecule has 1 aliphatic rings. The Morgan fingerprint density at radius 3 is 2.69 bits per heavy atom. The summed E-state index contributed by atoms with van der Waals surface area (Å²) in [6.07, 6.45) is 1.39. The standard InChI is InChI=1S/C21H19N3O2/c1-14-7-6-10-17-19(14)23-20(24-21(17)25)16-9-2-3-11-18(16)26-13-15-8-4-5-12-22-15/h2-12,20,23H,13H2,1H3,(H,24,25)/t20-/m0/s1. The van der Waals surface area contributed by atoms with Crippen LogP contribution in [0.3, 0.4) is 0 Å². The van der Waals surface area contributed by atoms with Crippen molar-refractivity contribution >= 4 is 11.6 Å². The third-order valence-electron chi connectivity index (χ3n) is 4.41. The molecule has 0 fully saturated rings. The first kappa shape index (κ1) is 16.1. The second-order valence-electron chi connectivity index (χ2n) is 6.20. The molecule has 0 bridgehead atoms. The molecule has 5 heteroatoms. The summed E-state index contributed by atoms with van der Waals surface area (Å²) in [5, 5.41) is 6.43. The Morgan fingerprint density at radius 1 is 1.00 bits per heavy atom. The van der Waals surface area contributed by atoms with Crippen LogP contribution in [-0.4, -0.2) is 10.9 Å². The Balaban J connectivity index is 1.61. The topological polar surface area (TPSA) is 63.2 Å². The molecule has 0 aliphatic carbocycles. The first-order chi connectivity index (χ1) is 12.7. The van der Waals surface area contributed by atoms with Crippen LogP contribution in [0, 0.1) is 6.92 Å². The highest BCUT2D eigenvalue weighted by Gasteiger charge is 2.27. The van der Waals surface area contributed by atoms with E-state index in [1.54, 1.807) is 6.20 Å². The Hall–Kier alpha value is -3.34. The highest BCUT2D eigenvalue weighted by atomic mass is 16.5. The molecule has 0 radical (unpaired) electrons. The Morgan fingerprint density at radius 2 is 1.85 bits per heavy atom. The normalized spacial score (nSPS) is 15.6. The quantitative estimate of drug-likeness (QED) is 0.754. The van der Waals surface area contributed by atoms with Gasteiger partial charge in [-0.3, -0.25) is 9.78 Å². The third kappa shape index (κ3) is 3.11. The Bertz CT molecular complexity index is 941.